The highest BCUT2D eigenvalue weighted by atomic mass is 16.5. The Morgan fingerprint density at radius 2 is 1.95 bits per heavy atom. The van der Waals surface area contributed by atoms with Gasteiger partial charge in [0.15, 0.2) is 5.82 Å². The number of benzene rings is 1. The molecule has 0 bridgehead atoms. The number of nitrogens with one attached hydrogen (secondary N) is 1. The Morgan fingerprint density at radius 3 is 2.47 bits per heavy atom. The van der Waals surface area contributed by atoms with Gasteiger partial charge in [-0.15, -0.1) is 5.10 Å². The van der Waals surface area contributed by atoms with E-state index in [1.807, 2.05) is 38.1 Å². The first-order valence-electron chi connectivity index (χ1n) is 6.43. The Balaban J connectivity index is 2.17. The fourth-order valence-electron chi connectivity index (χ4n) is 1.84. The average molecular weight is 260 g/mol. The highest BCUT2D eigenvalue weighted by Crippen LogP contribution is 2.21. The number of aromatic amines is 1. The molecule has 0 saturated heterocycles. The van der Waals surface area contributed by atoms with Gasteiger partial charge in [-0.1, -0.05) is 24.3 Å². The van der Waals surface area contributed by atoms with Crippen molar-refractivity contribution in [3.8, 4) is 11.4 Å². The van der Waals surface area contributed by atoms with Gasteiger partial charge in [0.05, 0.1) is 6.10 Å². The molecule has 5 heteroatoms. The van der Waals surface area contributed by atoms with E-state index < -0.39 is 0 Å². The lowest BCUT2D eigenvalue weighted by Crippen LogP contribution is -2.10. The maximum atomic E-state index is 5.57. The van der Waals surface area contributed by atoms with Crippen molar-refractivity contribution in [1.29, 1.82) is 0 Å². The Morgan fingerprint density at radius 1 is 1.26 bits per heavy atom. The van der Waals surface area contributed by atoms with E-state index in [9.17, 15) is 0 Å². The van der Waals surface area contributed by atoms with Crippen LogP contribution in [0.1, 0.15) is 25.5 Å². The summed E-state index contributed by atoms with van der Waals surface area (Å²) in [5.41, 5.74) is 2.19. The van der Waals surface area contributed by atoms with Gasteiger partial charge < -0.3 is 9.64 Å². The predicted octanol–water partition coefficient (Wildman–Crippen LogP) is 2.64. The van der Waals surface area contributed by atoms with E-state index >= 15 is 0 Å². The van der Waals surface area contributed by atoms with Gasteiger partial charge >= 0.3 is 0 Å². The summed E-state index contributed by atoms with van der Waals surface area (Å²) >= 11 is 0. The molecule has 1 aromatic heterocycles. The van der Waals surface area contributed by atoms with E-state index in [0.29, 0.717) is 5.95 Å². The smallest absolute Gasteiger partial charge is 0.244 e. The minimum absolute atomic E-state index is 0.117. The van der Waals surface area contributed by atoms with Crippen LogP contribution in [0.5, 0.6) is 0 Å². The second-order valence-electron chi connectivity index (χ2n) is 4.60. The van der Waals surface area contributed by atoms with Crippen molar-refractivity contribution < 1.29 is 4.74 Å². The minimum Gasteiger partial charge on any atom is -0.374 e. The predicted molar refractivity (Wildman–Crippen MR) is 76.2 cm³/mol. The lowest BCUT2D eigenvalue weighted by Gasteiger charge is -2.11. The van der Waals surface area contributed by atoms with Crippen LogP contribution in [-0.4, -0.2) is 35.9 Å². The maximum absolute atomic E-state index is 5.57. The number of ether oxygens (including phenoxy) is 1. The fraction of sp³-hybridized carbons (Fsp3) is 0.429. The second kappa shape index (κ2) is 5.84. The maximum Gasteiger partial charge on any atom is 0.244 e. The van der Waals surface area contributed by atoms with Crippen LogP contribution in [0.3, 0.4) is 0 Å². The lowest BCUT2D eigenvalue weighted by atomic mass is 10.1. The van der Waals surface area contributed by atoms with Crippen molar-refractivity contribution in [2.45, 2.75) is 20.0 Å². The molecule has 0 saturated carbocycles. The van der Waals surface area contributed by atoms with Crippen LogP contribution in [-0.2, 0) is 4.74 Å². The van der Waals surface area contributed by atoms with Crippen LogP contribution >= 0.6 is 0 Å². The fourth-order valence-corrected chi connectivity index (χ4v) is 1.84. The highest BCUT2D eigenvalue weighted by Gasteiger charge is 2.08. The molecule has 2 rings (SSSR count). The molecule has 1 N–H and O–H groups in total. The summed E-state index contributed by atoms with van der Waals surface area (Å²) in [6.07, 6.45) is 0.117. The lowest BCUT2D eigenvalue weighted by molar-refractivity contribution is 0.0764. The van der Waals surface area contributed by atoms with E-state index in [1.54, 1.807) is 0 Å². The molecule has 0 aliphatic heterocycles. The molecule has 5 nitrogen and oxygen atoms in total. The van der Waals surface area contributed by atoms with Gasteiger partial charge in [-0.3, -0.25) is 5.10 Å². The van der Waals surface area contributed by atoms with E-state index in [1.165, 1.54) is 0 Å². The molecule has 102 valence electrons. The van der Waals surface area contributed by atoms with Gasteiger partial charge in [0.2, 0.25) is 5.95 Å². The molecule has 0 amide bonds. The van der Waals surface area contributed by atoms with Crippen molar-refractivity contribution >= 4 is 5.95 Å². The topological polar surface area (TPSA) is 54.0 Å². The molecule has 1 atom stereocenters. The molecule has 0 unspecified atom stereocenters. The molecule has 0 fully saturated rings. The third-order valence-corrected chi connectivity index (χ3v) is 2.94. The third-order valence-electron chi connectivity index (χ3n) is 2.94. The minimum atomic E-state index is 0.117. The standard InChI is InChI=1S/C14H20N4O/c1-5-19-10(2)11-6-8-12(9-7-11)13-15-14(17-16-13)18(3)4/h6-10H,5H2,1-4H3,(H,15,16,17)/t10-/m0/s1. The third kappa shape index (κ3) is 3.12. The summed E-state index contributed by atoms with van der Waals surface area (Å²) in [5, 5.41) is 7.09. The number of anilines is 1. The molecule has 0 aliphatic rings. The summed E-state index contributed by atoms with van der Waals surface area (Å²) < 4.78 is 5.57. The number of hydrogen-bond donors (Lipinski definition) is 1. The van der Waals surface area contributed by atoms with Crippen LogP contribution < -0.4 is 4.90 Å². The summed E-state index contributed by atoms with van der Waals surface area (Å²) in [4.78, 5) is 6.29. The zero-order valence-corrected chi connectivity index (χ0v) is 11.8. The van der Waals surface area contributed by atoms with Crippen molar-refractivity contribution in [2.24, 2.45) is 0 Å². The summed E-state index contributed by atoms with van der Waals surface area (Å²) in [6.45, 7) is 4.77. The van der Waals surface area contributed by atoms with Crippen LogP contribution in [0.15, 0.2) is 24.3 Å². The van der Waals surface area contributed by atoms with Crippen LogP contribution in [0, 0.1) is 0 Å². The largest absolute Gasteiger partial charge is 0.374 e. The van der Waals surface area contributed by atoms with Crippen molar-refractivity contribution in [2.75, 3.05) is 25.6 Å². The van der Waals surface area contributed by atoms with Crippen LogP contribution in [0.25, 0.3) is 11.4 Å². The first kappa shape index (κ1) is 13.5. The van der Waals surface area contributed by atoms with Gasteiger partial charge in [-0.2, -0.15) is 4.98 Å². The number of hydrogen-bond acceptors (Lipinski definition) is 4. The highest BCUT2D eigenvalue weighted by molar-refractivity contribution is 5.56. The van der Waals surface area contributed by atoms with Gasteiger partial charge in [0.1, 0.15) is 0 Å². The monoisotopic (exact) mass is 260 g/mol. The average Bonchev–Trinajstić information content (AvgIpc) is 2.89. The van der Waals surface area contributed by atoms with Gasteiger partial charge in [-0.25, -0.2) is 0 Å². The normalized spacial score (nSPS) is 12.4. The first-order valence-corrected chi connectivity index (χ1v) is 6.43. The van der Waals surface area contributed by atoms with E-state index in [2.05, 4.69) is 34.2 Å². The van der Waals surface area contributed by atoms with Crippen molar-refractivity contribution in [3.05, 3.63) is 29.8 Å². The van der Waals surface area contributed by atoms with Gasteiger partial charge in [0, 0.05) is 26.3 Å². The molecule has 19 heavy (non-hydrogen) atoms. The zero-order valence-electron chi connectivity index (χ0n) is 11.8. The Bertz CT molecular complexity index is 518. The van der Waals surface area contributed by atoms with Gasteiger partial charge in [0.25, 0.3) is 0 Å². The Hall–Kier alpha value is -1.88. The number of rotatable bonds is 5. The quantitative estimate of drug-likeness (QED) is 0.898. The molecule has 0 radical (unpaired) electrons. The number of H-pyrrole nitrogens is 1. The molecular weight excluding hydrogens is 240 g/mol. The molecule has 0 spiro atoms. The molecule has 1 aromatic carbocycles. The Kier molecular flexibility index (Phi) is 4.16. The van der Waals surface area contributed by atoms with Gasteiger partial charge in [-0.05, 0) is 19.4 Å². The van der Waals surface area contributed by atoms with E-state index in [4.69, 9.17) is 4.74 Å². The van der Waals surface area contributed by atoms with Crippen LogP contribution in [0.4, 0.5) is 5.95 Å². The molecular formula is C14H20N4O. The number of nitrogens with zero attached hydrogens (tertiary/aromatic N) is 3. The van der Waals surface area contributed by atoms with Crippen molar-refractivity contribution in [3.63, 3.8) is 0 Å². The number of aromatic nitrogens is 3. The van der Waals surface area contributed by atoms with E-state index in [-0.39, 0.29) is 6.10 Å². The summed E-state index contributed by atoms with van der Waals surface area (Å²) in [7, 11) is 3.83. The Labute approximate surface area is 113 Å². The second-order valence-corrected chi connectivity index (χ2v) is 4.60. The summed E-state index contributed by atoms with van der Waals surface area (Å²) in [5.74, 6) is 1.46. The SMILES string of the molecule is CCO[C@@H](C)c1ccc(-c2nc(N(C)C)n[nH]2)cc1. The van der Waals surface area contributed by atoms with Crippen molar-refractivity contribution in [1.82, 2.24) is 15.2 Å². The molecule has 1 heterocycles. The first-order chi connectivity index (χ1) is 9.11. The van der Waals surface area contributed by atoms with Crippen LogP contribution in [0.2, 0.25) is 0 Å². The molecule has 0 aliphatic carbocycles. The van der Waals surface area contributed by atoms with E-state index in [0.717, 1.165) is 23.6 Å². The molecule has 2 aromatic rings. The zero-order chi connectivity index (χ0) is 13.8. The summed E-state index contributed by atoms with van der Waals surface area (Å²) in [6, 6.07) is 8.19.